The van der Waals surface area contributed by atoms with Gasteiger partial charge in [0.05, 0.1) is 0 Å². The van der Waals surface area contributed by atoms with Gasteiger partial charge in [-0.3, -0.25) is 14.4 Å². The molecule has 0 amide bonds. The third kappa shape index (κ3) is 59.0. The molecule has 0 aliphatic rings. The summed E-state index contributed by atoms with van der Waals surface area (Å²) < 4.78 is 16.9. The Balaban J connectivity index is 4.39. The van der Waals surface area contributed by atoms with Crippen LogP contribution in [0.15, 0.2) is 109 Å². The summed E-state index contributed by atoms with van der Waals surface area (Å²) in [7, 11) is 0. The number of esters is 3. The van der Waals surface area contributed by atoms with Crippen LogP contribution < -0.4 is 0 Å². The smallest absolute Gasteiger partial charge is 0.306 e. The van der Waals surface area contributed by atoms with Gasteiger partial charge >= 0.3 is 17.9 Å². The van der Waals surface area contributed by atoms with E-state index in [1.807, 2.05) is 0 Å². The average molecular weight is 1030 g/mol. The van der Waals surface area contributed by atoms with Crippen molar-refractivity contribution in [1.29, 1.82) is 0 Å². The maximum Gasteiger partial charge on any atom is 0.306 e. The lowest BCUT2D eigenvalue weighted by atomic mass is 10.0. The molecule has 0 bridgehead atoms. The summed E-state index contributed by atoms with van der Waals surface area (Å²) in [6.45, 7) is 6.41. The second-order valence-electron chi connectivity index (χ2n) is 20.2. The second kappa shape index (κ2) is 61.6. The lowest BCUT2D eigenvalue weighted by molar-refractivity contribution is -0.167. The normalized spacial score (nSPS) is 12.9. The van der Waals surface area contributed by atoms with Gasteiger partial charge in [-0.2, -0.15) is 0 Å². The predicted molar refractivity (Wildman–Crippen MR) is 320 cm³/mol. The topological polar surface area (TPSA) is 78.9 Å². The highest BCUT2D eigenvalue weighted by molar-refractivity contribution is 5.71. The molecule has 1 unspecified atom stereocenters. The number of carbonyl (C=O) groups is 3. The van der Waals surface area contributed by atoms with E-state index in [9.17, 15) is 14.4 Å². The summed E-state index contributed by atoms with van der Waals surface area (Å²) in [6, 6.07) is 0. The Morgan fingerprint density at radius 1 is 0.284 bits per heavy atom. The predicted octanol–water partition coefficient (Wildman–Crippen LogP) is 21.0. The van der Waals surface area contributed by atoms with Gasteiger partial charge in [0.25, 0.3) is 0 Å². The minimum atomic E-state index is -0.791. The third-order valence-corrected chi connectivity index (χ3v) is 13.0. The molecule has 6 heteroatoms. The standard InChI is InChI=1S/C68H114O6/c1-4-7-10-13-16-19-22-25-28-30-31-32-33-34-35-36-37-39-40-43-46-49-52-55-58-61-67(70)73-64-65(63-72-66(69)60-57-54-51-48-45-42-27-24-21-18-15-12-9-6-3)74-68(71)62-59-56-53-50-47-44-41-38-29-26-23-20-17-14-11-8-5-2/h7-8,10-11,16-17,19-20,25-26,28-29,31-32,34-35,37,39,65H,4-6,9,12-15,18,21-24,27,30,33,36,38,40-64H2,1-3H3/b10-7-,11-8-,19-16-,20-17-,28-25-,29-26-,32-31-,35-34-,39-37-. The minimum Gasteiger partial charge on any atom is -0.462 e. The summed E-state index contributed by atoms with van der Waals surface area (Å²) in [4.78, 5) is 38.3. The van der Waals surface area contributed by atoms with Crippen molar-refractivity contribution >= 4 is 17.9 Å². The number of hydrogen-bond acceptors (Lipinski definition) is 6. The summed E-state index contributed by atoms with van der Waals surface area (Å²) in [6.07, 6.45) is 83.7. The molecule has 422 valence electrons. The first-order chi connectivity index (χ1) is 36.5. The van der Waals surface area contributed by atoms with E-state index in [4.69, 9.17) is 14.2 Å². The zero-order valence-corrected chi connectivity index (χ0v) is 48.3. The van der Waals surface area contributed by atoms with Gasteiger partial charge in [0.2, 0.25) is 0 Å². The molecule has 74 heavy (non-hydrogen) atoms. The van der Waals surface area contributed by atoms with Gasteiger partial charge in [0.15, 0.2) is 6.10 Å². The van der Waals surface area contributed by atoms with Crippen LogP contribution in [0, 0.1) is 0 Å². The van der Waals surface area contributed by atoms with Crippen molar-refractivity contribution in [3.63, 3.8) is 0 Å². The summed E-state index contributed by atoms with van der Waals surface area (Å²) in [5.74, 6) is -0.904. The molecule has 0 fully saturated rings. The van der Waals surface area contributed by atoms with Gasteiger partial charge in [-0.25, -0.2) is 0 Å². The number of rotatable bonds is 55. The highest BCUT2D eigenvalue weighted by Gasteiger charge is 2.19. The number of carbonyl (C=O) groups excluding carboxylic acids is 3. The molecule has 0 N–H and O–H groups in total. The molecule has 0 spiro atoms. The van der Waals surface area contributed by atoms with Crippen LogP contribution in [0.4, 0.5) is 0 Å². The zero-order valence-electron chi connectivity index (χ0n) is 48.3. The Bertz CT molecular complexity index is 1510. The summed E-state index contributed by atoms with van der Waals surface area (Å²) in [5.41, 5.74) is 0. The molecule has 0 rings (SSSR count). The molecule has 0 radical (unpaired) electrons. The van der Waals surface area contributed by atoms with Crippen LogP contribution in [-0.4, -0.2) is 37.2 Å². The van der Waals surface area contributed by atoms with Crippen LogP contribution in [0.3, 0.4) is 0 Å². The van der Waals surface area contributed by atoms with E-state index in [0.717, 1.165) is 135 Å². The molecule has 0 saturated heterocycles. The average Bonchev–Trinajstić information content (AvgIpc) is 3.40. The van der Waals surface area contributed by atoms with Crippen LogP contribution in [0.2, 0.25) is 0 Å². The Morgan fingerprint density at radius 2 is 0.527 bits per heavy atom. The van der Waals surface area contributed by atoms with E-state index >= 15 is 0 Å². The molecule has 0 saturated carbocycles. The van der Waals surface area contributed by atoms with Gasteiger partial charge < -0.3 is 14.2 Å². The fraction of sp³-hybridized carbons (Fsp3) is 0.691. The van der Waals surface area contributed by atoms with Crippen LogP contribution in [0.5, 0.6) is 0 Å². The first-order valence-corrected chi connectivity index (χ1v) is 30.9. The molecular formula is C68H114O6. The van der Waals surface area contributed by atoms with E-state index in [-0.39, 0.29) is 31.1 Å². The van der Waals surface area contributed by atoms with Crippen molar-refractivity contribution in [2.24, 2.45) is 0 Å². The summed E-state index contributed by atoms with van der Waals surface area (Å²) in [5, 5.41) is 0. The van der Waals surface area contributed by atoms with Gasteiger partial charge in [-0.05, 0) is 103 Å². The van der Waals surface area contributed by atoms with Gasteiger partial charge in [-0.1, -0.05) is 271 Å². The minimum absolute atomic E-state index is 0.0858. The van der Waals surface area contributed by atoms with Gasteiger partial charge in [0, 0.05) is 19.3 Å². The van der Waals surface area contributed by atoms with Crippen LogP contribution in [0.1, 0.15) is 284 Å². The van der Waals surface area contributed by atoms with Crippen LogP contribution in [-0.2, 0) is 28.6 Å². The van der Waals surface area contributed by atoms with Crippen molar-refractivity contribution in [3.8, 4) is 0 Å². The molecule has 0 aromatic carbocycles. The van der Waals surface area contributed by atoms with E-state index in [1.165, 1.54) is 109 Å². The molecule has 0 aromatic heterocycles. The maximum absolute atomic E-state index is 12.9. The SMILES string of the molecule is CC/C=C\C/C=C\C/C=C\C/C=C\C/C=C\C/C=C\CCCCCCCCC(=O)OCC(COC(=O)CCCCCCCCCCCCCCCC)OC(=O)CCCCCCCCC/C=C\C/C=C\C/C=C\CC. The highest BCUT2D eigenvalue weighted by Crippen LogP contribution is 2.16. The second-order valence-corrected chi connectivity index (χ2v) is 20.2. The van der Waals surface area contributed by atoms with E-state index in [1.54, 1.807) is 0 Å². The largest absolute Gasteiger partial charge is 0.462 e. The van der Waals surface area contributed by atoms with Crippen LogP contribution in [0.25, 0.3) is 0 Å². The molecule has 0 aromatic rings. The van der Waals surface area contributed by atoms with E-state index < -0.39 is 6.10 Å². The van der Waals surface area contributed by atoms with E-state index in [0.29, 0.717) is 19.3 Å². The quantitative estimate of drug-likeness (QED) is 0.0261. The van der Waals surface area contributed by atoms with Gasteiger partial charge in [-0.15, -0.1) is 0 Å². The molecule has 0 aliphatic heterocycles. The number of allylic oxidation sites excluding steroid dienone is 18. The van der Waals surface area contributed by atoms with Crippen molar-refractivity contribution in [3.05, 3.63) is 109 Å². The fourth-order valence-corrected chi connectivity index (χ4v) is 8.46. The first-order valence-electron chi connectivity index (χ1n) is 30.9. The van der Waals surface area contributed by atoms with Crippen molar-refractivity contribution in [2.45, 2.75) is 290 Å². The lowest BCUT2D eigenvalue weighted by Gasteiger charge is -2.18. The highest BCUT2D eigenvalue weighted by atomic mass is 16.6. The molecule has 0 aliphatic carbocycles. The molecular weight excluding hydrogens is 913 g/mol. The number of hydrogen-bond donors (Lipinski definition) is 0. The molecule has 0 heterocycles. The maximum atomic E-state index is 12.9. The van der Waals surface area contributed by atoms with Gasteiger partial charge in [0.1, 0.15) is 13.2 Å². The molecule has 6 nitrogen and oxygen atoms in total. The van der Waals surface area contributed by atoms with Crippen molar-refractivity contribution in [2.75, 3.05) is 13.2 Å². The van der Waals surface area contributed by atoms with Crippen LogP contribution >= 0.6 is 0 Å². The molecule has 1 atom stereocenters. The number of ether oxygens (including phenoxy) is 3. The Labute approximate surface area is 457 Å². The summed E-state index contributed by atoms with van der Waals surface area (Å²) >= 11 is 0. The van der Waals surface area contributed by atoms with E-state index in [2.05, 4.69) is 130 Å². The Morgan fingerprint density at radius 3 is 0.824 bits per heavy atom. The number of unbranched alkanes of at least 4 members (excludes halogenated alkanes) is 26. The lowest BCUT2D eigenvalue weighted by Crippen LogP contribution is -2.30. The van der Waals surface area contributed by atoms with Crippen molar-refractivity contribution in [1.82, 2.24) is 0 Å². The first kappa shape index (κ1) is 70.1. The fourth-order valence-electron chi connectivity index (χ4n) is 8.46. The zero-order chi connectivity index (χ0) is 53.6. The Kier molecular flexibility index (Phi) is 58.3. The third-order valence-electron chi connectivity index (χ3n) is 13.0. The van der Waals surface area contributed by atoms with Crippen molar-refractivity contribution < 1.29 is 28.6 Å². The Hall–Kier alpha value is -3.93. The monoisotopic (exact) mass is 1030 g/mol.